The number of halogens is 1. The van der Waals surface area contributed by atoms with Gasteiger partial charge in [0.2, 0.25) is 5.91 Å². The molecule has 6 heteroatoms. The molecule has 20 heavy (non-hydrogen) atoms. The molecule has 3 N–H and O–H groups in total. The molecule has 0 unspecified atom stereocenters. The number of nitrogen functional groups attached to an aromatic ring is 1. The second-order valence-corrected chi connectivity index (χ2v) is 6.04. The first-order valence-electron chi connectivity index (χ1n) is 6.56. The van der Waals surface area contributed by atoms with E-state index in [9.17, 15) is 4.79 Å². The Morgan fingerprint density at radius 2 is 2.00 bits per heavy atom. The predicted octanol–water partition coefficient (Wildman–Crippen LogP) is 1.85. The fraction of sp³-hybridized carbons (Fsp3) is 0.500. The molecule has 0 heterocycles. The van der Waals surface area contributed by atoms with Crippen LogP contribution in [0.5, 0.6) is 0 Å². The quantitative estimate of drug-likeness (QED) is 0.742. The minimum Gasteiger partial charge on any atom is -0.399 e. The number of anilines is 2. The molecular weight excluding hydrogens is 320 g/mol. The van der Waals surface area contributed by atoms with E-state index in [4.69, 9.17) is 5.73 Å². The summed E-state index contributed by atoms with van der Waals surface area (Å²) < 4.78 is 0.793. The van der Waals surface area contributed by atoms with Crippen molar-refractivity contribution in [1.29, 1.82) is 0 Å². The SMILES string of the molecule is CN(C)CCCN(C)CC(=O)Nc1ccc(N)cc1Br. The van der Waals surface area contributed by atoms with Crippen LogP contribution >= 0.6 is 15.9 Å². The Labute approximate surface area is 129 Å². The molecular formula is C14H23BrN4O. The number of carbonyl (C=O) groups is 1. The van der Waals surface area contributed by atoms with Crippen molar-refractivity contribution in [3.05, 3.63) is 22.7 Å². The summed E-state index contributed by atoms with van der Waals surface area (Å²) in [6.07, 6.45) is 1.04. The summed E-state index contributed by atoms with van der Waals surface area (Å²) in [6, 6.07) is 5.33. The van der Waals surface area contributed by atoms with Crippen molar-refractivity contribution in [2.75, 3.05) is 51.8 Å². The number of amides is 1. The second-order valence-electron chi connectivity index (χ2n) is 5.18. The molecule has 0 fully saturated rings. The van der Waals surface area contributed by atoms with Crippen LogP contribution in [0, 0.1) is 0 Å². The van der Waals surface area contributed by atoms with Gasteiger partial charge in [-0.15, -0.1) is 0 Å². The van der Waals surface area contributed by atoms with Crippen LogP contribution in [-0.2, 0) is 4.79 Å². The van der Waals surface area contributed by atoms with E-state index in [1.54, 1.807) is 18.2 Å². The topological polar surface area (TPSA) is 61.6 Å². The molecule has 0 atom stereocenters. The normalized spacial score (nSPS) is 11.1. The fourth-order valence-corrected chi connectivity index (χ4v) is 2.30. The van der Waals surface area contributed by atoms with Gasteiger partial charge in [-0.05, 0) is 74.8 Å². The standard InChI is InChI=1S/C14H23BrN4O/c1-18(2)7-4-8-19(3)10-14(20)17-13-6-5-11(16)9-12(13)15/h5-6,9H,4,7-8,10,16H2,1-3H3,(H,17,20). The van der Waals surface area contributed by atoms with Crippen LogP contribution in [0.25, 0.3) is 0 Å². The third kappa shape index (κ3) is 6.36. The molecule has 1 rings (SSSR count). The zero-order valence-electron chi connectivity index (χ0n) is 12.3. The third-order valence-electron chi connectivity index (χ3n) is 2.83. The molecule has 0 spiro atoms. The fourth-order valence-electron chi connectivity index (χ4n) is 1.80. The minimum atomic E-state index is -0.0252. The van der Waals surface area contributed by atoms with Crippen molar-refractivity contribution < 1.29 is 4.79 Å². The highest BCUT2D eigenvalue weighted by Crippen LogP contribution is 2.24. The summed E-state index contributed by atoms with van der Waals surface area (Å²) in [6.45, 7) is 2.30. The second kappa shape index (κ2) is 8.24. The zero-order valence-corrected chi connectivity index (χ0v) is 13.9. The van der Waals surface area contributed by atoms with Crippen molar-refractivity contribution in [3.8, 4) is 0 Å². The Hall–Kier alpha value is -1.11. The van der Waals surface area contributed by atoms with E-state index in [-0.39, 0.29) is 5.91 Å². The Bertz CT molecular complexity index is 451. The van der Waals surface area contributed by atoms with Gasteiger partial charge in [-0.25, -0.2) is 0 Å². The summed E-state index contributed by atoms with van der Waals surface area (Å²) in [4.78, 5) is 16.1. The number of nitrogens with one attached hydrogen (secondary N) is 1. The average molecular weight is 343 g/mol. The first kappa shape index (κ1) is 16.9. The lowest BCUT2D eigenvalue weighted by atomic mass is 10.3. The lowest BCUT2D eigenvalue weighted by Crippen LogP contribution is -2.32. The Balaban J connectivity index is 2.39. The first-order chi connectivity index (χ1) is 9.38. The van der Waals surface area contributed by atoms with Crippen molar-refractivity contribution in [3.63, 3.8) is 0 Å². The van der Waals surface area contributed by atoms with Crippen molar-refractivity contribution in [2.24, 2.45) is 0 Å². The van der Waals surface area contributed by atoms with Gasteiger partial charge in [0.15, 0.2) is 0 Å². The molecule has 0 bridgehead atoms. The summed E-state index contributed by atoms with van der Waals surface area (Å²) in [5, 5.41) is 2.87. The van der Waals surface area contributed by atoms with Crippen LogP contribution in [-0.4, -0.2) is 56.5 Å². The molecule has 0 aliphatic rings. The lowest BCUT2D eigenvalue weighted by molar-refractivity contribution is -0.117. The van der Waals surface area contributed by atoms with E-state index in [1.807, 2.05) is 26.0 Å². The summed E-state index contributed by atoms with van der Waals surface area (Å²) in [5.41, 5.74) is 7.07. The van der Waals surface area contributed by atoms with Gasteiger partial charge in [-0.3, -0.25) is 9.69 Å². The number of nitrogens with two attached hydrogens (primary N) is 1. The van der Waals surface area contributed by atoms with Crippen molar-refractivity contribution in [2.45, 2.75) is 6.42 Å². The molecule has 0 aromatic heterocycles. The Morgan fingerprint density at radius 1 is 1.30 bits per heavy atom. The van der Waals surface area contributed by atoms with Gasteiger partial charge in [0, 0.05) is 10.2 Å². The molecule has 0 radical (unpaired) electrons. The number of benzene rings is 1. The van der Waals surface area contributed by atoms with Gasteiger partial charge in [0.05, 0.1) is 12.2 Å². The minimum absolute atomic E-state index is 0.0252. The van der Waals surface area contributed by atoms with Gasteiger partial charge in [0.1, 0.15) is 0 Å². The largest absolute Gasteiger partial charge is 0.399 e. The van der Waals surface area contributed by atoms with E-state index in [0.29, 0.717) is 12.2 Å². The zero-order chi connectivity index (χ0) is 15.1. The average Bonchev–Trinajstić information content (AvgIpc) is 2.32. The lowest BCUT2D eigenvalue weighted by Gasteiger charge is -2.18. The summed E-state index contributed by atoms with van der Waals surface area (Å²) in [7, 11) is 6.05. The van der Waals surface area contributed by atoms with Crippen LogP contribution in [0.2, 0.25) is 0 Å². The van der Waals surface area contributed by atoms with E-state index < -0.39 is 0 Å². The maximum absolute atomic E-state index is 11.9. The first-order valence-corrected chi connectivity index (χ1v) is 7.36. The van der Waals surface area contributed by atoms with Crippen LogP contribution in [0.3, 0.4) is 0 Å². The smallest absolute Gasteiger partial charge is 0.238 e. The molecule has 0 saturated heterocycles. The van der Waals surface area contributed by atoms with Crippen LogP contribution in [0.15, 0.2) is 22.7 Å². The van der Waals surface area contributed by atoms with Crippen LogP contribution < -0.4 is 11.1 Å². The van der Waals surface area contributed by atoms with Crippen molar-refractivity contribution >= 4 is 33.2 Å². The molecule has 1 aromatic rings. The Morgan fingerprint density at radius 3 is 2.60 bits per heavy atom. The molecule has 5 nitrogen and oxygen atoms in total. The number of carbonyl (C=O) groups excluding carboxylic acids is 1. The van der Waals surface area contributed by atoms with Gasteiger partial charge in [0.25, 0.3) is 0 Å². The van der Waals surface area contributed by atoms with E-state index in [2.05, 4.69) is 26.1 Å². The highest BCUT2D eigenvalue weighted by Gasteiger charge is 2.09. The van der Waals surface area contributed by atoms with Crippen molar-refractivity contribution in [1.82, 2.24) is 9.80 Å². The predicted molar refractivity (Wildman–Crippen MR) is 87.9 cm³/mol. The van der Waals surface area contributed by atoms with Gasteiger partial charge in [-0.2, -0.15) is 0 Å². The monoisotopic (exact) mass is 342 g/mol. The molecule has 0 saturated carbocycles. The van der Waals surface area contributed by atoms with Crippen LogP contribution in [0.4, 0.5) is 11.4 Å². The summed E-state index contributed by atoms with van der Waals surface area (Å²) in [5.74, 6) is -0.0252. The van der Waals surface area contributed by atoms with Gasteiger partial charge >= 0.3 is 0 Å². The molecule has 0 aliphatic heterocycles. The van der Waals surface area contributed by atoms with E-state index in [1.165, 1.54) is 0 Å². The summed E-state index contributed by atoms with van der Waals surface area (Å²) >= 11 is 3.39. The maximum Gasteiger partial charge on any atom is 0.238 e. The van der Waals surface area contributed by atoms with E-state index >= 15 is 0 Å². The van der Waals surface area contributed by atoms with E-state index in [0.717, 1.165) is 29.7 Å². The molecule has 0 aliphatic carbocycles. The highest BCUT2D eigenvalue weighted by molar-refractivity contribution is 9.10. The Kier molecular flexibility index (Phi) is 6.98. The van der Waals surface area contributed by atoms with Gasteiger partial charge < -0.3 is 16.0 Å². The number of hydrogen-bond acceptors (Lipinski definition) is 4. The van der Waals surface area contributed by atoms with Crippen LogP contribution in [0.1, 0.15) is 6.42 Å². The number of likely N-dealkylation sites (N-methyl/N-ethyl adjacent to an activating group) is 1. The molecule has 112 valence electrons. The number of nitrogens with zero attached hydrogens (tertiary/aromatic N) is 2. The van der Waals surface area contributed by atoms with Gasteiger partial charge in [-0.1, -0.05) is 0 Å². The number of rotatable bonds is 7. The maximum atomic E-state index is 11.9. The molecule has 1 amide bonds. The molecule has 1 aromatic carbocycles. The highest BCUT2D eigenvalue weighted by atomic mass is 79.9. The number of hydrogen-bond donors (Lipinski definition) is 2. The third-order valence-corrected chi connectivity index (χ3v) is 3.48.